The summed E-state index contributed by atoms with van der Waals surface area (Å²) < 4.78 is 42.5. The molecule has 1 aliphatic heterocycles. The monoisotopic (exact) mass is 297 g/mol. The minimum Gasteiger partial charge on any atom is -0.455 e. The van der Waals surface area contributed by atoms with Gasteiger partial charge in [-0.3, -0.25) is 0 Å². The number of alkyl halides is 3. The molecule has 0 aliphatic carbocycles. The van der Waals surface area contributed by atoms with Gasteiger partial charge in [-0.15, -0.1) is 0 Å². The minimum absolute atomic E-state index is 0.288. The van der Waals surface area contributed by atoms with Gasteiger partial charge in [-0.1, -0.05) is 0 Å². The lowest BCUT2D eigenvalue weighted by molar-refractivity contribution is -0.153. The van der Waals surface area contributed by atoms with E-state index in [4.69, 9.17) is 4.42 Å². The molecule has 0 bridgehead atoms. The van der Waals surface area contributed by atoms with E-state index in [0.29, 0.717) is 13.1 Å². The van der Waals surface area contributed by atoms with Crippen LogP contribution in [0.4, 0.5) is 24.7 Å². The zero-order chi connectivity index (χ0) is 15.0. The van der Waals surface area contributed by atoms with Crippen LogP contribution in [0.5, 0.6) is 0 Å². The topological polar surface area (TPSA) is 41.3 Å². The standard InChI is InChI=1S/C14H14F3N3O/c1-9-6-11-13(19-7-9)18-4-5-20(11)8-10-2-3-12(21-10)14(15,16)17/h2-3,6-7H,4-5,8H2,1H3,(H,18,19). The van der Waals surface area contributed by atoms with Gasteiger partial charge in [0.1, 0.15) is 11.6 Å². The van der Waals surface area contributed by atoms with E-state index < -0.39 is 11.9 Å². The fraction of sp³-hybridized carbons (Fsp3) is 0.357. The molecule has 21 heavy (non-hydrogen) atoms. The molecule has 0 unspecified atom stereocenters. The number of fused-ring (bicyclic) bond motifs is 1. The first kappa shape index (κ1) is 13.8. The van der Waals surface area contributed by atoms with Crippen molar-refractivity contribution in [2.45, 2.75) is 19.6 Å². The molecule has 2 aromatic heterocycles. The van der Waals surface area contributed by atoms with E-state index in [-0.39, 0.29) is 12.3 Å². The SMILES string of the molecule is Cc1cnc2c(c1)N(Cc1ccc(C(F)(F)F)o1)CCN2. The molecule has 2 aromatic rings. The minimum atomic E-state index is -4.45. The molecule has 0 aromatic carbocycles. The maximum absolute atomic E-state index is 12.5. The Bertz CT molecular complexity index is 651. The lowest BCUT2D eigenvalue weighted by Crippen LogP contribution is -2.33. The number of aromatic nitrogens is 1. The van der Waals surface area contributed by atoms with E-state index in [2.05, 4.69) is 10.3 Å². The number of halogens is 3. The summed E-state index contributed by atoms with van der Waals surface area (Å²) in [7, 11) is 0. The summed E-state index contributed by atoms with van der Waals surface area (Å²) >= 11 is 0. The van der Waals surface area contributed by atoms with Crippen molar-refractivity contribution >= 4 is 11.5 Å². The molecule has 0 saturated carbocycles. The predicted octanol–water partition coefficient (Wildman–Crippen LogP) is 3.43. The molecule has 3 rings (SSSR count). The number of pyridine rings is 1. The lowest BCUT2D eigenvalue weighted by atomic mass is 10.2. The maximum Gasteiger partial charge on any atom is 0.449 e. The Balaban J connectivity index is 1.83. The number of anilines is 2. The number of nitrogens with zero attached hydrogens (tertiary/aromatic N) is 2. The van der Waals surface area contributed by atoms with Gasteiger partial charge in [0.05, 0.1) is 12.2 Å². The van der Waals surface area contributed by atoms with Crippen LogP contribution in [0.2, 0.25) is 0 Å². The molecule has 0 saturated heterocycles. The van der Waals surface area contributed by atoms with Gasteiger partial charge in [0.15, 0.2) is 0 Å². The van der Waals surface area contributed by atoms with Gasteiger partial charge in [0.2, 0.25) is 5.76 Å². The Kier molecular flexibility index (Phi) is 3.27. The van der Waals surface area contributed by atoms with Crippen LogP contribution in [-0.4, -0.2) is 18.1 Å². The van der Waals surface area contributed by atoms with Crippen molar-refractivity contribution in [1.82, 2.24) is 4.98 Å². The third kappa shape index (κ3) is 2.81. The Morgan fingerprint density at radius 2 is 2.19 bits per heavy atom. The van der Waals surface area contributed by atoms with Gasteiger partial charge >= 0.3 is 6.18 Å². The highest BCUT2D eigenvalue weighted by molar-refractivity contribution is 5.68. The fourth-order valence-electron chi connectivity index (χ4n) is 2.33. The molecule has 4 nitrogen and oxygen atoms in total. The molecule has 7 heteroatoms. The van der Waals surface area contributed by atoms with Crippen LogP contribution in [0, 0.1) is 6.92 Å². The molecule has 0 amide bonds. The maximum atomic E-state index is 12.5. The first-order valence-corrected chi connectivity index (χ1v) is 6.55. The second-order valence-corrected chi connectivity index (χ2v) is 4.99. The van der Waals surface area contributed by atoms with E-state index in [1.54, 1.807) is 6.20 Å². The number of aryl methyl sites for hydroxylation is 1. The van der Waals surface area contributed by atoms with Crippen molar-refractivity contribution in [2.75, 3.05) is 23.3 Å². The summed E-state index contributed by atoms with van der Waals surface area (Å²) in [4.78, 5) is 6.25. The molecule has 0 fully saturated rings. The zero-order valence-electron chi connectivity index (χ0n) is 11.4. The van der Waals surface area contributed by atoms with Crippen LogP contribution < -0.4 is 10.2 Å². The van der Waals surface area contributed by atoms with Crippen molar-refractivity contribution in [3.05, 3.63) is 41.5 Å². The van der Waals surface area contributed by atoms with Crippen molar-refractivity contribution in [3.63, 3.8) is 0 Å². The molecular weight excluding hydrogens is 283 g/mol. The normalized spacial score (nSPS) is 14.8. The first-order chi connectivity index (χ1) is 9.93. The van der Waals surface area contributed by atoms with Crippen LogP contribution in [0.25, 0.3) is 0 Å². The number of furan rings is 1. The fourth-order valence-corrected chi connectivity index (χ4v) is 2.33. The second-order valence-electron chi connectivity index (χ2n) is 4.99. The third-order valence-corrected chi connectivity index (χ3v) is 3.31. The highest BCUT2D eigenvalue weighted by Gasteiger charge is 2.35. The van der Waals surface area contributed by atoms with Crippen LogP contribution >= 0.6 is 0 Å². The van der Waals surface area contributed by atoms with Gasteiger partial charge in [-0.25, -0.2) is 4.98 Å². The number of hydrogen-bond acceptors (Lipinski definition) is 4. The van der Waals surface area contributed by atoms with Crippen LogP contribution in [0.1, 0.15) is 17.1 Å². The van der Waals surface area contributed by atoms with E-state index in [1.165, 1.54) is 6.07 Å². The lowest BCUT2D eigenvalue weighted by Gasteiger charge is -2.30. The van der Waals surface area contributed by atoms with Crippen molar-refractivity contribution in [3.8, 4) is 0 Å². The highest BCUT2D eigenvalue weighted by atomic mass is 19.4. The summed E-state index contributed by atoms with van der Waals surface area (Å²) in [6, 6.07) is 4.29. The molecule has 1 N–H and O–H groups in total. The Morgan fingerprint density at radius 1 is 1.38 bits per heavy atom. The van der Waals surface area contributed by atoms with Gasteiger partial charge < -0.3 is 14.6 Å². The molecular formula is C14H14F3N3O. The summed E-state index contributed by atoms with van der Waals surface area (Å²) in [5.41, 5.74) is 1.88. The number of hydrogen-bond donors (Lipinski definition) is 1. The summed E-state index contributed by atoms with van der Waals surface area (Å²) in [5.74, 6) is 0.0707. The first-order valence-electron chi connectivity index (χ1n) is 6.55. The highest BCUT2D eigenvalue weighted by Crippen LogP contribution is 2.33. The van der Waals surface area contributed by atoms with Crippen LogP contribution in [0.15, 0.2) is 28.8 Å². The Labute approximate surface area is 119 Å². The Hall–Kier alpha value is -2.18. The van der Waals surface area contributed by atoms with E-state index in [1.807, 2.05) is 17.9 Å². The van der Waals surface area contributed by atoms with Crippen LogP contribution in [-0.2, 0) is 12.7 Å². The Morgan fingerprint density at radius 3 is 2.90 bits per heavy atom. The quantitative estimate of drug-likeness (QED) is 0.922. The molecule has 0 atom stereocenters. The molecule has 1 aliphatic rings. The molecule has 0 radical (unpaired) electrons. The van der Waals surface area contributed by atoms with Crippen molar-refractivity contribution < 1.29 is 17.6 Å². The van der Waals surface area contributed by atoms with E-state index in [9.17, 15) is 13.2 Å². The number of rotatable bonds is 2. The summed E-state index contributed by atoms with van der Waals surface area (Å²) in [6.07, 6.45) is -2.69. The molecule has 0 spiro atoms. The average Bonchev–Trinajstić information content (AvgIpc) is 2.88. The largest absolute Gasteiger partial charge is 0.455 e. The third-order valence-electron chi connectivity index (χ3n) is 3.31. The van der Waals surface area contributed by atoms with Gasteiger partial charge in [-0.2, -0.15) is 13.2 Å². The number of nitrogens with one attached hydrogen (secondary N) is 1. The van der Waals surface area contributed by atoms with Crippen molar-refractivity contribution in [1.29, 1.82) is 0 Å². The van der Waals surface area contributed by atoms with E-state index >= 15 is 0 Å². The zero-order valence-corrected chi connectivity index (χ0v) is 11.4. The summed E-state index contributed by atoms with van der Waals surface area (Å²) in [5, 5.41) is 3.17. The van der Waals surface area contributed by atoms with E-state index in [0.717, 1.165) is 23.1 Å². The molecule has 112 valence electrons. The summed E-state index contributed by atoms with van der Waals surface area (Å²) in [6.45, 7) is 3.58. The second kappa shape index (κ2) is 4.98. The average molecular weight is 297 g/mol. The smallest absolute Gasteiger partial charge is 0.449 e. The van der Waals surface area contributed by atoms with Crippen LogP contribution in [0.3, 0.4) is 0 Å². The predicted molar refractivity (Wildman–Crippen MR) is 72.2 cm³/mol. The van der Waals surface area contributed by atoms with Gasteiger partial charge in [0, 0.05) is 19.3 Å². The van der Waals surface area contributed by atoms with Crippen molar-refractivity contribution in [2.24, 2.45) is 0 Å². The molecule has 3 heterocycles. The van der Waals surface area contributed by atoms with Gasteiger partial charge in [-0.05, 0) is 30.7 Å². The van der Waals surface area contributed by atoms with Gasteiger partial charge in [0.25, 0.3) is 0 Å².